The number of hydrogen-bond donors (Lipinski definition) is 0. The van der Waals surface area contributed by atoms with Gasteiger partial charge in [-0.25, -0.2) is 0 Å². The predicted octanol–water partition coefficient (Wildman–Crippen LogP) is 13.7. The Morgan fingerprint density at radius 2 is 0.833 bits per heavy atom. The van der Waals surface area contributed by atoms with Gasteiger partial charge in [0.2, 0.25) is 0 Å². The Hall–Kier alpha value is -3.41. The first-order valence-corrected chi connectivity index (χ1v) is 21.6. The first-order chi connectivity index (χ1) is 26.5. The number of carbonyl (C=O) groups excluding carboxylic acids is 3. The third kappa shape index (κ3) is 39.8. The van der Waals surface area contributed by atoms with Crippen LogP contribution in [0.3, 0.4) is 0 Å². The van der Waals surface area contributed by atoms with Gasteiger partial charge in [-0.2, -0.15) is 0 Å². The van der Waals surface area contributed by atoms with Gasteiger partial charge in [-0.3, -0.25) is 14.4 Å². The van der Waals surface area contributed by atoms with Gasteiger partial charge < -0.3 is 14.2 Å². The van der Waals surface area contributed by atoms with Crippen LogP contribution in [0.4, 0.5) is 0 Å². The fraction of sp³-hybridized carbons (Fsp3) is 0.646. The zero-order valence-corrected chi connectivity index (χ0v) is 34.7. The van der Waals surface area contributed by atoms with Gasteiger partial charge in [-0.15, -0.1) is 0 Å². The Kier molecular flexibility index (Phi) is 39.7. The Morgan fingerprint density at radius 3 is 1.39 bits per heavy atom. The van der Waals surface area contributed by atoms with Crippen molar-refractivity contribution < 1.29 is 28.6 Å². The smallest absolute Gasteiger partial charge is 0.306 e. The molecule has 0 heterocycles. The van der Waals surface area contributed by atoms with Gasteiger partial charge in [0.15, 0.2) is 6.10 Å². The summed E-state index contributed by atoms with van der Waals surface area (Å²) < 4.78 is 16.6. The molecule has 0 radical (unpaired) electrons. The van der Waals surface area contributed by atoms with E-state index in [1.54, 1.807) is 0 Å². The van der Waals surface area contributed by atoms with Gasteiger partial charge in [0.25, 0.3) is 0 Å². The topological polar surface area (TPSA) is 78.9 Å². The van der Waals surface area contributed by atoms with Gasteiger partial charge in [0, 0.05) is 19.3 Å². The summed E-state index contributed by atoms with van der Waals surface area (Å²) in [5.41, 5.74) is 0. The summed E-state index contributed by atoms with van der Waals surface area (Å²) in [6.07, 6.45) is 52.9. The average Bonchev–Trinajstić information content (AvgIpc) is 3.17. The zero-order valence-electron chi connectivity index (χ0n) is 34.7. The molecule has 0 fully saturated rings. The SMILES string of the molecule is CC\C=C/C=C\C=C/C=C\CCCCCCCC(=O)OCC(COC(=O)CCCCCCCCCCCC)OC(=O)CCC/C=C\C/C=C\C/C=C\CC. The molecule has 54 heavy (non-hydrogen) atoms. The van der Waals surface area contributed by atoms with E-state index in [2.05, 4.69) is 81.5 Å². The van der Waals surface area contributed by atoms with Crippen molar-refractivity contribution in [2.75, 3.05) is 13.2 Å². The summed E-state index contributed by atoms with van der Waals surface area (Å²) in [6, 6.07) is 0. The van der Waals surface area contributed by atoms with E-state index >= 15 is 0 Å². The van der Waals surface area contributed by atoms with Crippen molar-refractivity contribution in [1.29, 1.82) is 0 Å². The Balaban J connectivity index is 4.49. The van der Waals surface area contributed by atoms with Crippen LogP contribution in [0.15, 0.2) is 85.1 Å². The van der Waals surface area contributed by atoms with Crippen LogP contribution in [-0.2, 0) is 28.6 Å². The van der Waals surface area contributed by atoms with Crippen LogP contribution in [0, 0.1) is 0 Å². The lowest BCUT2D eigenvalue weighted by Crippen LogP contribution is -2.30. The van der Waals surface area contributed by atoms with Crippen molar-refractivity contribution in [3.63, 3.8) is 0 Å². The third-order valence-corrected chi connectivity index (χ3v) is 8.74. The van der Waals surface area contributed by atoms with E-state index in [4.69, 9.17) is 14.2 Å². The fourth-order valence-electron chi connectivity index (χ4n) is 5.53. The molecule has 0 bridgehead atoms. The molecular formula is C48H78O6. The quantitative estimate of drug-likeness (QED) is 0.0207. The normalized spacial score (nSPS) is 12.9. The first-order valence-electron chi connectivity index (χ1n) is 21.6. The molecule has 0 amide bonds. The maximum Gasteiger partial charge on any atom is 0.306 e. The van der Waals surface area contributed by atoms with Gasteiger partial charge in [-0.05, 0) is 64.2 Å². The number of ether oxygens (including phenoxy) is 3. The van der Waals surface area contributed by atoms with Crippen LogP contribution >= 0.6 is 0 Å². The molecule has 0 spiro atoms. The molecule has 0 aromatic rings. The summed E-state index contributed by atoms with van der Waals surface area (Å²) >= 11 is 0. The van der Waals surface area contributed by atoms with E-state index in [9.17, 15) is 14.4 Å². The van der Waals surface area contributed by atoms with Gasteiger partial charge in [0.1, 0.15) is 13.2 Å². The molecule has 0 aliphatic carbocycles. The van der Waals surface area contributed by atoms with Gasteiger partial charge in [0.05, 0.1) is 0 Å². The number of carbonyl (C=O) groups is 3. The minimum Gasteiger partial charge on any atom is -0.462 e. The summed E-state index contributed by atoms with van der Waals surface area (Å²) in [6.45, 7) is 6.27. The van der Waals surface area contributed by atoms with E-state index in [1.165, 1.54) is 44.9 Å². The van der Waals surface area contributed by atoms with Crippen LogP contribution in [0.25, 0.3) is 0 Å². The molecule has 0 aliphatic heterocycles. The van der Waals surface area contributed by atoms with Crippen molar-refractivity contribution in [1.82, 2.24) is 0 Å². The highest BCUT2D eigenvalue weighted by Crippen LogP contribution is 2.13. The number of rotatable bonds is 37. The maximum absolute atomic E-state index is 12.6. The molecule has 1 atom stereocenters. The number of hydrogen-bond acceptors (Lipinski definition) is 6. The molecule has 6 nitrogen and oxygen atoms in total. The second-order valence-corrected chi connectivity index (χ2v) is 13.9. The van der Waals surface area contributed by atoms with Crippen molar-refractivity contribution in [3.05, 3.63) is 85.1 Å². The Labute approximate surface area is 331 Å². The number of esters is 3. The minimum atomic E-state index is -0.808. The highest BCUT2D eigenvalue weighted by molar-refractivity contribution is 5.71. The minimum absolute atomic E-state index is 0.105. The van der Waals surface area contributed by atoms with Crippen molar-refractivity contribution in [3.8, 4) is 0 Å². The molecule has 306 valence electrons. The molecule has 0 saturated heterocycles. The maximum atomic E-state index is 12.6. The molecule has 0 aromatic heterocycles. The first kappa shape index (κ1) is 50.6. The Bertz CT molecular complexity index is 1090. The van der Waals surface area contributed by atoms with Crippen molar-refractivity contribution in [2.24, 2.45) is 0 Å². The lowest BCUT2D eigenvalue weighted by atomic mass is 10.1. The molecule has 0 saturated carbocycles. The molecular weight excluding hydrogens is 673 g/mol. The number of allylic oxidation sites excluding steroid dienone is 14. The highest BCUT2D eigenvalue weighted by atomic mass is 16.6. The van der Waals surface area contributed by atoms with E-state index in [-0.39, 0.29) is 37.5 Å². The van der Waals surface area contributed by atoms with Gasteiger partial charge in [-0.1, -0.05) is 183 Å². The van der Waals surface area contributed by atoms with Crippen molar-refractivity contribution in [2.45, 2.75) is 187 Å². The third-order valence-electron chi connectivity index (χ3n) is 8.74. The lowest BCUT2D eigenvalue weighted by molar-refractivity contribution is -0.167. The molecule has 1 unspecified atom stereocenters. The molecule has 0 aliphatic rings. The summed E-state index contributed by atoms with van der Waals surface area (Å²) in [5.74, 6) is -0.996. The van der Waals surface area contributed by atoms with E-state index < -0.39 is 6.10 Å². The standard InChI is InChI=1S/C48H78O6/c1-4-7-10-13-16-19-22-23-24-25-27-29-32-35-38-41-47(50)53-44-45(43-52-46(49)40-37-34-31-28-21-18-15-12-9-6-3)54-48(51)42-39-36-33-30-26-20-17-14-11-8-5-2/h7-8,10-11,13,16-17,19-20,22-24,30,33,45H,4-6,9,12,14-15,18,21,25-29,31-32,34-44H2,1-3H3/b10-7-,11-8-,16-13-,20-17-,22-19-,24-23-,33-30-. The molecule has 0 N–H and O–H groups in total. The van der Waals surface area contributed by atoms with Crippen LogP contribution < -0.4 is 0 Å². The number of unbranched alkanes of at least 4 members (excludes halogenated alkanes) is 15. The van der Waals surface area contributed by atoms with Crippen LogP contribution in [-0.4, -0.2) is 37.2 Å². The lowest BCUT2D eigenvalue weighted by Gasteiger charge is -2.18. The Morgan fingerprint density at radius 1 is 0.407 bits per heavy atom. The van der Waals surface area contributed by atoms with Gasteiger partial charge >= 0.3 is 17.9 Å². The molecule has 6 heteroatoms. The summed E-state index contributed by atoms with van der Waals surface area (Å²) in [4.78, 5) is 37.6. The highest BCUT2D eigenvalue weighted by Gasteiger charge is 2.19. The van der Waals surface area contributed by atoms with E-state index in [0.717, 1.165) is 89.9 Å². The monoisotopic (exact) mass is 751 g/mol. The second-order valence-electron chi connectivity index (χ2n) is 13.9. The van der Waals surface area contributed by atoms with Crippen molar-refractivity contribution >= 4 is 17.9 Å². The summed E-state index contributed by atoms with van der Waals surface area (Å²) in [5, 5.41) is 0. The van der Waals surface area contributed by atoms with E-state index in [0.29, 0.717) is 19.3 Å². The summed E-state index contributed by atoms with van der Waals surface area (Å²) in [7, 11) is 0. The van der Waals surface area contributed by atoms with E-state index in [1.807, 2.05) is 24.3 Å². The van der Waals surface area contributed by atoms with Crippen LogP contribution in [0.1, 0.15) is 181 Å². The molecule has 0 rings (SSSR count). The predicted molar refractivity (Wildman–Crippen MR) is 228 cm³/mol. The molecule has 0 aromatic carbocycles. The largest absolute Gasteiger partial charge is 0.462 e. The second kappa shape index (κ2) is 42.3. The average molecular weight is 751 g/mol. The fourth-order valence-corrected chi connectivity index (χ4v) is 5.53. The van der Waals surface area contributed by atoms with Crippen LogP contribution in [0.5, 0.6) is 0 Å². The van der Waals surface area contributed by atoms with Crippen LogP contribution in [0.2, 0.25) is 0 Å². The zero-order chi connectivity index (χ0) is 39.4.